The summed E-state index contributed by atoms with van der Waals surface area (Å²) in [7, 11) is -3.59. The van der Waals surface area contributed by atoms with E-state index in [2.05, 4.69) is 15.6 Å². The Balaban J connectivity index is 2.13. The smallest absolute Gasteiger partial charge is 0.262 e. The molecule has 20 heavy (non-hydrogen) atoms. The van der Waals surface area contributed by atoms with Crippen LogP contribution in [0.3, 0.4) is 0 Å². The summed E-state index contributed by atoms with van der Waals surface area (Å²) in [4.78, 5) is 10.4. The molecule has 0 atom stereocenters. The van der Waals surface area contributed by atoms with E-state index in [1.807, 2.05) is 6.92 Å². The summed E-state index contributed by atoms with van der Waals surface area (Å²) in [5.74, 6) is 0. The van der Waals surface area contributed by atoms with Crippen LogP contribution in [-0.4, -0.2) is 14.8 Å². The summed E-state index contributed by atoms with van der Waals surface area (Å²) in [6.07, 6.45) is 0.496. The SMILES string of the molecule is Cc1ccc(S(=O)(=O)Nc2ccc(NNC=O)s2)cc1. The number of carbonyl (C=O) groups is 1. The minimum Gasteiger partial charge on any atom is -0.289 e. The normalized spacial score (nSPS) is 10.8. The van der Waals surface area contributed by atoms with Gasteiger partial charge in [0.2, 0.25) is 6.41 Å². The second-order valence-electron chi connectivity index (χ2n) is 3.97. The van der Waals surface area contributed by atoms with E-state index in [1.165, 1.54) is 11.3 Å². The first-order valence-electron chi connectivity index (χ1n) is 5.66. The number of rotatable bonds is 6. The van der Waals surface area contributed by atoms with E-state index in [4.69, 9.17) is 0 Å². The number of hydrazine groups is 1. The summed E-state index contributed by atoms with van der Waals surface area (Å²) in [6, 6.07) is 9.87. The van der Waals surface area contributed by atoms with Crippen LogP contribution in [0.1, 0.15) is 5.56 Å². The Kier molecular flexibility index (Phi) is 4.26. The second-order valence-corrected chi connectivity index (χ2v) is 6.74. The van der Waals surface area contributed by atoms with Crippen molar-refractivity contribution in [3.05, 3.63) is 42.0 Å². The van der Waals surface area contributed by atoms with Gasteiger partial charge in [-0.15, -0.1) is 0 Å². The second kappa shape index (κ2) is 5.93. The molecule has 1 amide bonds. The van der Waals surface area contributed by atoms with Crippen LogP contribution < -0.4 is 15.6 Å². The van der Waals surface area contributed by atoms with Crippen molar-refractivity contribution in [2.24, 2.45) is 0 Å². The van der Waals surface area contributed by atoms with Crippen molar-refractivity contribution in [1.82, 2.24) is 5.43 Å². The molecule has 0 aliphatic rings. The van der Waals surface area contributed by atoms with Crippen LogP contribution in [-0.2, 0) is 14.8 Å². The van der Waals surface area contributed by atoms with Gasteiger partial charge in [-0.3, -0.25) is 20.4 Å². The predicted molar refractivity (Wildman–Crippen MR) is 79.1 cm³/mol. The molecule has 0 unspecified atom stereocenters. The molecule has 0 saturated carbocycles. The number of hydrogen-bond acceptors (Lipinski definition) is 5. The van der Waals surface area contributed by atoms with Crippen molar-refractivity contribution < 1.29 is 13.2 Å². The van der Waals surface area contributed by atoms with Crippen LogP contribution in [0.25, 0.3) is 0 Å². The Morgan fingerprint density at radius 1 is 1.05 bits per heavy atom. The molecule has 1 heterocycles. The van der Waals surface area contributed by atoms with Gasteiger partial charge in [-0.05, 0) is 31.2 Å². The number of carbonyl (C=O) groups excluding carboxylic acids is 1. The maximum atomic E-state index is 12.1. The Labute approximate surface area is 120 Å². The number of aryl methyl sites for hydroxylation is 1. The average molecular weight is 311 g/mol. The fourth-order valence-corrected chi connectivity index (χ4v) is 3.53. The molecule has 0 aliphatic heterocycles. The summed E-state index contributed by atoms with van der Waals surface area (Å²) in [5, 5.41) is 1.08. The van der Waals surface area contributed by atoms with Gasteiger partial charge in [0.25, 0.3) is 10.0 Å². The van der Waals surface area contributed by atoms with E-state index >= 15 is 0 Å². The van der Waals surface area contributed by atoms with E-state index in [1.54, 1.807) is 36.4 Å². The molecule has 1 aromatic heterocycles. The number of thiophene rings is 1. The van der Waals surface area contributed by atoms with Gasteiger partial charge in [-0.1, -0.05) is 29.0 Å². The Hall–Kier alpha value is -2.06. The first-order valence-corrected chi connectivity index (χ1v) is 7.96. The van der Waals surface area contributed by atoms with Crippen LogP contribution in [0.4, 0.5) is 10.0 Å². The molecule has 0 bridgehead atoms. The predicted octanol–water partition coefficient (Wildman–Crippen LogP) is 1.93. The highest BCUT2D eigenvalue weighted by molar-refractivity contribution is 7.93. The standard InChI is InChI=1S/C12H13N3O3S2/c1-9-2-4-10(5-3-9)20(17,18)15-12-7-6-11(19-12)14-13-8-16/h2-8,14-15H,1H3,(H,13,16). The highest BCUT2D eigenvalue weighted by Gasteiger charge is 2.14. The lowest BCUT2D eigenvalue weighted by Crippen LogP contribution is -2.17. The zero-order valence-electron chi connectivity index (χ0n) is 10.6. The number of sulfonamides is 1. The Morgan fingerprint density at radius 2 is 1.70 bits per heavy atom. The van der Waals surface area contributed by atoms with Crippen LogP contribution in [0, 0.1) is 6.92 Å². The number of anilines is 2. The van der Waals surface area contributed by atoms with Crippen LogP contribution in [0.5, 0.6) is 0 Å². The lowest BCUT2D eigenvalue weighted by atomic mass is 10.2. The van der Waals surface area contributed by atoms with Crippen molar-refractivity contribution in [1.29, 1.82) is 0 Å². The van der Waals surface area contributed by atoms with Gasteiger partial charge in [-0.25, -0.2) is 8.42 Å². The van der Waals surface area contributed by atoms with Crippen molar-refractivity contribution in [3.63, 3.8) is 0 Å². The van der Waals surface area contributed by atoms with E-state index in [0.717, 1.165) is 5.56 Å². The van der Waals surface area contributed by atoms with E-state index in [9.17, 15) is 13.2 Å². The van der Waals surface area contributed by atoms with Crippen molar-refractivity contribution >= 4 is 37.8 Å². The molecule has 0 spiro atoms. The molecular weight excluding hydrogens is 298 g/mol. The topological polar surface area (TPSA) is 87.3 Å². The molecule has 0 fully saturated rings. The maximum absolute atomic E-state index is 12.1. The molecule has 106 valence electrons. The van der Waals surface area contributed by atoms with E-state index in [-0.39, 0.29) is 4.90 Å². The minimum absolute atomic E-state index is 0.206. The van der Waals surface area contributed by atoms with Crippen LogP contribution in [0.2, 0.25) is 0 Å². The average Bonchev–Trinajstić information content (AvgIpc) is 2.83. The third kappa shape index (κ3) is 3.49. The molecule has 6 nitrogen and oxygen atoms in total. The Bertz CT molecular complexity index is 693. The summed E-state index contributed by atoms with van der Waals surface area (Å²) >= 11 is 1.17. The van der Waals surface area contributed by atoms with Crippen LogP contribution >= 0.6 is 11.3 Å². The van der Waals surface area contributed by atoms with Crippen molar-refractivity contribution in [2.45, 2.75) is 11.8 Å². The Morgan fingerprint density at radius 3 is 2.35 bits per heavy atom. The highest BCUT2D eigenvalue weighted by Crippen LogP contribution is 2.28. The molecule has 0 saturated heterocycles. The summed E-state index contributed by atoms with van der Waals surface area (Å²) in [6.45, 7) is 1.89. The molecule has 2 aromatic rings. The van der Waals surface area contributed by atoms with Crippen molar-refractivity contribution in [3.8, 4) is 0 Å². The first kappa shape index (κ1) is 14.4. The summed E-state index contributed by atoms with van der Waals surface area (Å²) in [5.41, 5.74) is 5.89. The molecule has 1 aromatic carbocycles. The zero-order valence-corrected chi connectivity index (χ0v) is 12.2. The monoisotopic (exact) mass is 311 g/mol. The van der Waals surface area contributed by atoms with Crippen molar-refractivity contribution in [2.75, 3.05) is 10.1 Å². The van der Waals surface area contributed by atoms with Gasteiger partial charge in [0.15, 0.2) is 0 Å². The van der Waals surface area contributed by atoms with E-state index in [0.29, 0.717) is 16.4 Å². The molecular formula is C12H13N3O3S2. The van der Waals surface area contributed by atoms with Gasteiger partial charge in [-0.2, -0.15) is 0 Å². The number of amides is 1. The molecule has 3 N–H and O–H groups in total. The lowest BCUT2D eigenvalue weighted by Gasteiger charge is -2.06. The van der Waals surface area contributed by atoms with E-state index < -0.39 is 10.0 Å². The fraction of sp³-hybridized carbons (Fsp3) is 0.0833. The zero-order chi connectivity index (χ0) is 14.6. The molecule has 0 radical (unpaired) electrons. The lowest BCUT2D eigenvalue weighted by molar-refractivity contribution is -0.109. The van der Waals surface area contributed by atoms with Gasteiger partial charge in [0.1, 0.15) is 10.0 Å². The van der Waals surface area contributed by atoms with Gasteiger partial charge in [0.05, 0.1) is 4.90 Å². The van der Waals surface area contributed by atoms with Gasteiger partial charge < -0.3 is 0 Å². The third-order valence-corrected chi connectivity index (χ3v) is 4.85. The number of hydrogen-bond donors (Lipinski definition) is 3. The first-order chi connectivity index (χ1) is 9.51. The number of benzene rings is 1. The quantitative estimate of drug-likeness (QED) is 0.562. The highest BCUT2D eigenvalue weighted by atomic mass is 32.2. The number of nitrogens with one attached hydrogen (secondary N) is 3. The van der Waals surface area contributed by atoms with Gasteiger partial charge in [0, 0.05) is 0 Å². The maximum Gasteiger partial charge on any atom is 0.262 e. The largest absolute Gasteiger partial charge is 0.289 e. The molecule has 2 rings (SSSR count). The molecule has 8 heteroatoms. The molecule has 0 aliphatic carbocycles. The van der Waals surface area contributed by atoms with Crippen LogP contribution in [0.15, 0.2) is 41.3 Å². The third-order valence-electron chi connectivity index (χ3n) is 2.43. The fourth-order valence-electron chi connectivity index (χ4n) is 1.47. The summed E-state index contributed by atoms with van der Waals surface area (Å²) < 4.78 is 26.8. The van der Waals surface area contributed by atoms with Gasteiger partial charge >= 0.3 is 0 Å². The minimum atomic E-state index is -3.59.